The Morgan fingerprint density at radius 1 is 1.19 bits per heavy atom. The van der Waals surface area contributed by atoms with E-state index >= 15 is 0 Å². The maximum atomic E-state index is 13.0. The lowest BCUT2D eigenvalue weighted by molar-refractivity contribution is -0.544. The highest BCUT2D eigenvalue weighted by Gasteiger charge is 2.57. The lowest BCUT2D eigenvalue weighted by Gasteiger charge is -2.48. The van der Waals surface area contributed by atoms with E-state index < -0.39 is 18.1 Å². The average Bonchev–Trinajstić information content (AvgIpc) is 2.72. The molecule has 0 amide bonds. The van der Waals surface area contributed by atoms with Crippen molar-refractivity contribution in [1.29, 1.82) is 0 Å². The standard InChI is InChI=1S/C25H39NO5S/c1-8-17(9-2)31-22-21(25(5,6)7)20(26(28)29)15-19(24(27)30-10-3)23(22)32-18-13-11-16(4)12-14-18/h11-14,17,19-23H,8-10,15H2,1-7H3/t19-,20+,21-,22+,23-/m1/s1. The summed E-state index contributed by atoms with van der Waals surface area (Å²) in [5.74, 6) is -1.30. The number of nitro groups is 1. The lowest BCUT2D eigenvalue weighted by Crippen LogP contribution is -2.59. The fourth-order valence-corrected chi connectivity index (χ4v) is 6.11. The second-order valence-corrected chi connectivity index (χ2v) is 11.0. The number of hydrogen-bond acceptors (Lipinski definition) is 6. The van der Waals surface area contributed by atoms with Crippen LogP contribution in [0.4, 0.5) is 0 Å². The third kappa shape index (κ3) is 6.47. The summed E-state index contributed by atoms with van der Waals surface area (Å²) in [7, 11) is 0. The molecule has 1 fully saturated rings. The Balaban J connectivity index is 2.59. The van der Waals surface area contributed by atoms with Gasteiger partial charge in [-0.3, -0.25) is 14.9 Å². The molecule has 7 heteroatoms. The number of carbonyl (C=O) groups is 1. The zero-order valence-electron chi connectivity index (χ0n) is 20.5. The highest BCUT2D eigenvalue weighted by atomic mass is 32.2. The van der Waals surface area contributed by atoms with Gasteiger partial charge in [0, 0.05) is 21.5 Å². The van der Waals surface area contributed by atoms with Crippen LogP contribution in [0.5, 0.6) is 0 Å². The Bertz CT molecular complexity index is 757. The summed E-state index contributed by atoms with van der Waals surface area (Å²) in [6.07, 6.45) is 1.35. The average molecular weight is 466 g/mol. The SMILES string of the molecule is CCOC(=O)[C@@H]1C[C@H]([N+](=O)[O-])[C@@H](C(C)(C)C)[C@H](OC(CC)CC)[C@@H]1Sc1ccc(C)cc1. The van der Waals surface area contributed by atoms with Crippen LogP contribution < -0.4 is 0 Å². The van der Waals surface area contributed by atoms with Gasteiger partial charge in [0.2, 0.25) is 6.04 Å². The molecule has 0 saturated heterocycles. The minimum absolute atomic E-state index is 0.0145. The Labute approximate surface area is 197 Å². The molecule has 180 valence electrons. The fourth-order valence-electron chi connectivity index (χ4n) is 4.75. The minimum atomic E-state index is -0.862. The van der Waals surface area contributed by atoms with Crippen molar-refractivity contribution >= 4 is 17.7 Å². The molecular weight excluding hydrogens is 426 g/mol. The van der Waals surface area contributed by atoms with E-state index in [0.29, 0.717) is 0 Å². The molecule has 1 aliphatic carbocycles. The number of benzene rings is 1. The molecule has 0 bridgehead atoms. The number of rotatable bonds is 9. The molecule has 0 aliphatic heterocycles. The van der Waals surface area contributed by atoms with Crippen molar-refractivity contribution in [2.45, 2.75) is 96.1 Å². The Kier molecular flexibility index (Phi) is 9.58. The highest BCUT2D eigenvalue weighted by Crippen LogP contribution is 2.49. The van der Waals surface area contributed by atoms with E-state index in [9.17, 15) is 14.9 Å². The van der Waals surface area contributed by atoms with E-state index in [2.05, 4.69) is 13.8 Å². The first-order valence-electron chi connectivity index (χ1n) is 11.7. The second kappa shape index (κ2) is 11.5. The molecule has 0 spiro atoms. The Morgan fingerprint density at radius 2 is 1.78 bits per heavy atom. The van der Waals surface area contributed by atoms with Gasteiger partial charge in [0.25, 0.3) is 0 Å². The molecule has 1 aromatic rings. The predicted molar refractivity (Wildman–Crippen MR) is 129 cm³/mol. The van der Waals surface area contributed by atoms with Gasteiger partial charge in [0.1, 0.15) is 0 Å². The second-order valence-electron chi connectivity index (χ2n) is 9.77. The largest absolute Gasteiger partial charge is 0.466 e. The van der Waals surface area contributed by atoms with Crippen LogP contribution in [-0.2, 0) is 14.3 Å². The molecule has 1 aromatic carbocycles. The summed E-state index contributed by atoms with van der Waals surface area (Å²) >= 11 is 1.59. The fraction of sp³-hybridized carbons (Fsp3) is 0.720. The molecule has 32 heavy (non-hydrogen) atoms. The van der Waals surface area contributed by atoms with E-state index in [-0.39, 0.29) is 46.6 Å². The van der Waals surface area contributed by atoms with Gasteiger partial charge in [-0.1, -0.05) is 52.3 Å². The third-order valence-electron chi connectivity index (χ3n) is 6.40. The molecular formula is C25H39NO5S. The van der Waals surface area contributed by atoms with E-state index in [1.54, 1.807) is 18.7 Å². The van der Waals surface area contributed by atoms with E-state index in [0.717, 1.165) is 23.3 Å². The number of hydrogen-bond donors (Lipinski definition) is 0. The monoisotopic (exact) mass is 465 g/mol. The Hall–Kier alpha value is -1.60. The van der Waals surface area contributed by atoms with Gasteiger partial charge in [-0.25, -0.2) is 0 Å². The predicted octanol–water partition coefficient (Wildman–Crippen LogP) is 5.92. The van der Waals surface area contributed by atoms with Crippen LogP contribution in [0.3, 0.4) is 0 Å². The van der Waals surface area contributed by atoms with Gasteiger partial charge >= 0.3 is 5.97 Å². The quantitative estimate of drug-likeness (QED) is 0.256. The summed E-state index contributed by atoms with van der Waals surface area (Å²) < 4.78 is 12.0. The van der Waals surface area contributed by atoms with Gasteiger partial charge in [0.15, 0.2) is 0 Å². The molecule has 5 atom stereocenters. The molecule has 0 aromatic heterocycles. The van der Waals surface area contributed by atoms with Crippen molar-refractivity contribution in [2.24, 2.45) is 17.3 Å². The zero-order valence-corrected chi connectivity index (χ0v) is 21.3. The zero-order chi connectivity index (χ0) is 24.1. The van der Waals surface area contributed by atoms with Crippen molar-refractivity contribution < 1.29 is 19.2 Å². The van der Waals surface area contributed by atoms with Crippen molar-refractivity contribution in [3.63, 3.8) is 0 Å². The molecule has 2 rings (SSSR count). The van der Waals surface area contributed by atoms with Crippen molar-refractivity contribution in [3.05, 3.63) is 39.9 Å². The normalized spacial score (nSPS) is 26.2. The summed E-state index contributed by atoms with van der Waals surface area (Å²) in [4.78, 5) is 26.1. The van der Waals surface area contributed by atoms with Gasteiger partial charge < -0.3 is 9.47 Å². The van der Waals surface area contributed by atoms with Crippen LogP contribution in [0, 0.1) is 34.3 Å². The number of esters is 1. The van der Waals surface area contributed by atoms with Gasteiger partial charge in [-0.15, -0.1) is 11.8 Å². The van der Waals surface area contributed by atoms with Crippen LogP contribution in [0.1, 0.15) is 66.4 Å². The molecule has 0 radical (unpaired) electrons. The first-order valence-corrected chi connectivity index (χ1v) is 12.6. The first kappa shape index (κ1) is 26.7. The number of aryl methyl sites for hydroxylation is 1. The first-order chi connectivity index (χ1) is 15.0. The molecule has 0 N–H and O–H groups in total. The van der Waals surface area contributed by atoms with Crippen molar-refractivity contribution in [3.8, 4) is 0 Å². The van der Waals surface area contributed by atoms with Crippen LogP contribution in [-0.4, -0.2) is 41.0 Å². The van der Waals surface area contributed by atoms with Crippen LogP contribution in [0.25, 0.3) is 0 Å². The van der Waals surface area contributed by atoms with Gasteiger partial charge in [-0.05, 0) is 44.2 Å². The maximum Gasteiger partial charge on any atom is 0.310 e. The van der Waals surface area contributed by atoms with Crippen LogP contribution in [0.15, 0.2) is 29.2 Å². The number of nitrogens with zero attached hydrogens (tertiary/aromatic N) is 1. The van der Waals surface area contributed by atoms with Crippen molar-refractivity contribution in [2.75, 3.05) is 6.61 Å². The molecule has 0 heterocycles. The summed E-state index contributed by atoms with van der Waals surface area (Å²) in [5.41, 5.74) is 0.797. The molecule has 6 nitrogen and oxygen atoms in total. The maximum absolute atomic E-state index is 13.0. The minimum Gasteiger partial charge on any atom is -0.466 e. The number of carbonyl (C=O) groups excluding carboxylic acids is 1. The molecule has 1 saturated carbocycles. The molecule has 0 unspecified atom stereocenters. The third-order valence-corrected chi connectivity index (χ3v) is 7.81. The number of ether oxygens (including phenoxy) is 2. The van der Waals surface area contributed by atoms with Gasteiger partial charge in [0.05, 0.1) is 30.7 Å². The summed E-state index contributed by atoms with van der Waals surface area (Å²) in [6.45, 7) is 14.3. The van der Waals surface area contributed by atoms with Gasteiger partial charge in [-0.2, -0.15) is 0 Å². The summed E-state index contributed by atoms with van der Waals surface area (Å²) in [6, 6.07) is 7.31. The van der Waals surface area contributed by atoms with E-state index in [4.69, 9.17) is 9.47 Å². The van der Waals surface area contributed by atoms with E-state index in [1.807, 2.05) is 52.0 Å². The topological polar surface area (TPSA) is 78.7 Å². The van der Waals surface area contributed by atoms with E-state index in [1.165, 1.54) is 0 Å². The highest BCUT2D eigenvalue weighted by molar-refractivity contribution is 8.00. The van der Waals surface area contributed by atoms with Crippen LogP contribution >= 0.6 is 11.8 Å². The smallest absolute Gasteiger partial charge is 0.310 e. The Morgan fingerprint density at radius 3 is 2.25 bits per heavy atom. The summed E-state index contributed by atoms with van der Waals surface area (Å²) in [5, 5.41) is 11.9. The van der Waals surface area contributed by atoms with Crippen LogP contribution in [0.2, 0.25) is 0 Å². The molecule has 1 aliphatic rings. The number of thioether (sulfide) groups is 1. The van der Waals surface area contributed by atoms with Crippen molar-refractivity contribution in [1.82, 2.24) is 0 Å². The lowest BCUT2D eigenvalue weighted by atomic mass is 9.65.